The molecule has 0 bridgehead atoms. The van der Waals surface area contributed by atoms with E-state index in [9.17, 15) is 19.5 Å². The van der Waals surface area contributed by atoms with Crippen LogP contribution in [0, 0.1) is 19.8 Å². The molecule has 0 spiro atoms. The maximum absolute atomic E-state index is 13.6. The zero-order valence-corrected chi connectivity index (χ0v) is 23.0. The molecule has 2 aromatic rings. The van der Waals surface area contributed by atoms with Gasteiger partial charge in [0.2, 0.25) is 0 Å². The molecule has 0 aliphatic carbocycles. The van der Waals surface area contributed by atoms with Gasteiger partial charge in [-0.2, -0.15) is 0 Å². The van der Waals surface area contributed by atoms with Crippen molar-refractivity contribution < 1.29 is 28.8 Å². The molecule has 0 unspecified atom stereocenters. The van der Waals surface area contributed by atoms with E-state index in [-0.39, 0.29) is 54.1 Å². The van der Waals surface area contributed by atoms with E-state index in [2.05, 4.69) is 21.1 Å². The van der Waals surface area contributed by atoms with Gasteiger partial charge in [-0.15, -0.1) is 0 Å². The van der Waals surface area contributed by atoms with Gasteiger partial charge in [0, 0.05) is 25.6 Å². The van der Waals surface area contributed by atoms with Gasteiger partial charge in [-0.3, -0.25) is 4.79 Å². The second kappa shape index (κ2) is 12.2. The largest absolute Gasteiger partial charge is 0.485 e. The SMILES string of the molecule is Cc1noc(C)c1NC(=O)Nc1cccc2c1O[C@@H](CN(C)C(=O)NC(C)C)[C@H](C)CN([C@@H](C)CO)C2=O. The number of aromatic nitrogens is 1. The molecule has 4 N–H and O–H groups in total. The van der Waals surface area contributed by atoms with Crippen molar-refractivity contribution in [1.29, 1.82) is 0 Å². The number of carbonyl (C=O) groups is 3. The first-order valence-corrected chi connectivity index (χ1v) is 12.7. The van der Waals surface area contributed by atoms with Crippen molar-refractivity contribution in [3.63, 3.8) is 0 Å². The van der Waals surface area contributed by atoms with Crippen LogP contribution in [0.25, 0.3) is 0 Å². The Hall–Kier alpha value is -3.80. The molecule has 1 aromatic heterocycles. The summed E-state index contributed by atoms with van der Waals surface area (Å²) < 4.78 is 11.5. The topological polar surface area (TPSA) is 149 Å². The normalized spacial score (nSPS) is 18.1. The molecular formula is C26H38N6O6. The third kappa shape index (κ3) is 6.55. The van der Waals surface area contributed by atoms with Gasteiger partial charge in [0.1, 0.15) is 17.5 Å². The number of anilines is 2. The average Bonchev–Trinajstić information content (AvgIpc) is 3.17. The third-order valence-corrected chi connectivity index (χ3v) is 6.42. The zero-order chi connectivity index (χ0) is 28.1. The van der Waals surface area contributed by atoms with Crippen LogP contribution in [0.5, 0.6) is 5.75 Å². The summed E-state index contributed by atoms with van der Waals surface area (Å²) in [5, 5.41) is 22.0. The molecule has 0 radical (unpaired) electrons. The number of likely N-dealkylation sites (N-methyl/N-ethyl adjacent to an activating group) is 1. The van der Waals surface area contributed by atoms with E-state index in [1.165, 1.54) is 4.90 Å². The maximum atomic E-state index is 13.6. The number of ether oxygens (including phenoxy) is 1. The van der Waals surface area contributed by atoms with Gasteiger partial charge in [-0.05, 0) is 46.8 Å². The number of carbonyl (C=O) groups excluding carboxylic acids is 3. The fourth-order valence-corrected chi connectivity index (χ4v) is 4.20. The monoisotopic (exact) mass is 530 g/mol. The Kier molecular flexibility index (Phi) is 9.21. The summed E-state index contributed by atoms with van der Waals surface area (Å²) in [7, 11) is 1.67. The summed E-state index contributed by atoms with van der Waals surface area (Å²) in [6.07, 6.45) is -0.522. The van der Waals surface area contributed by atoms with Crippen LogP contribution in [0.1, 0.15) is 49.5 Å². The molecule has 0 saturated carbocycles. The van der Waals surface area contributed by atoms with Gasteiger partial charge in [-0.25, -0.2) is 9.59 Å². The lowest BCUT2D eigenvalue weighted by Crippen LogP contribution is -2.51. The molecule has 2 heterocycles. The number of urea groups is 2. The van der Waals surface area contributed by atoms with Gasteiger partial charge >= 0.3 is 12.1 Å². The molecule has 0 fully saturated rings. The number of aliphatic hydroxyl groups excluding tert-OH is 1. The van der Waals surface area contributed by atoms with Crippen molar-refractivity contribution in [3.8, 4) is 5.75 Å². The van der Waals surface area contributed by atoms with Crippen molar-refractivity contribution in [2.45, 2.75) is 59.7 Å². The highest BCUT2D eigenvalue weighted by Gasteiger charge is 2.35. The molecule has 12 nitrogen and oxygen atoms in total. The number of nitrogens with zero attached hydrogens (tertiary/aromatic N) is 3. The minimum absolute atomic E-state index is 0.0353. The number of amides is 5. The number of benzene rings is 1. The zero-order valence-electron chi connectivity index (χ0n) is 23.0. The fourth-order valence-electron chi connectivity index (χ4n) is 4.20. The Bertz CT molecular complexity index is 1150. The summed E-state index contributed by atoms with van der Waals surface area (Å²) in [4.78, 5) is 42.2. The standard InChI is InChI=1S/C26H38N6O6/c1-14(2)27-26(36)31(7)12-21-15(3)11-32(16(4)13-33)24(34)19-9-8-10-20(23(19)37-21)28-25(35)29-22-17(5)30-38-18(22)6/h8-10,14-16,21,33H,11-13H2,1-7H3,(H,27,36)(H2,28,29,35)/t15-,16+,21+/m1/s1. The first kappa shape index (κ1) is 28.8. The maximum Gasteiger partial charge on any atom is 0.323 e. The van der Waals surface area contributed by atoms with E-state index in [0.29, 0.717) is 23.7 Å². The van der Waals surface area contributed by atoms with Crippen LogP contribution in [0.3, 0.4) is 0 Å². The molecule has 1 aliphatic heterocycles. The summed E-state index contributed by atoms with van der Waals surface area (Å²) in [5.41, 5.74) is 1.50. The first-order chi connectivity index (χ1) is 17.9. The van der Waals surface area contributed by atoms with Crippen LogP contribution in [-0.2, 0) is 0 Å². The second-order valence-corrected chi connectivity index (χ2v) is 10.1. The number of rotatable bonds is 7. The smallest absolute Gasteiger partial charge is 0.323 e. The Labute approximate surface area is 222 Å². The van der Waals surface area contributed by atoms with Gasteiger partial charge < -0.3 is 40.1 Å². The Morgan fingerprint density at radius 2 is 1.95 bits per heavy atom. The molecule has 3 atom stereocenters. The highest BCUT2D eigenvalue weighted by Crippen LogP contribution is 2.35. The van der Waals surface area contributed by atoms with E-state index in [1.807, 2.05) is 20.8 Å². The fraction of sp³-hybridized carbons (Fsp3) is 0.538. The number of nitrogens with one attached hydrogen (secondary N) is 3. The van der Waals surface area contributed by atoms with E-state index >= 15 is 0 Å². The number of hydrogen-bond donors (Lipinski definition) is 4. The lowest BCUT2D eigenvalue weighted by Gasteiger charge is -2.38. The van der Waals surface area contributed by atoms with E-state index in [4.69, 9.17) is 9.26 Å². The Balaban J connectivity index is 1.97. The van der Waals surface area contributed by atoms with Gasteiger partial charge in [-0.1, -0.05) is 18.1 Å². The van der Waals surface area contributed by atoms with Crippen molar-refractivity contribution >= 4 is 29.3 Å². The number of aliphatic hydroxyl groups is 1. The quantitative estimate of drug-likeness (QED) is 0.429. The van der Waals surface area contributed by atoms with Crippen molar-refractivity contribution in [2.24, 2.45) is 5.92 Å². The third-order valence-electron chi connectivity index (χ3n) is 6.42. The van der Waals surface area contributed by atoms with Crippen LogP contribution in [-0.4, -0.2) is 83.0 Å². The minimum atomic E-state index is -0.565. The van der Waals surface area contributed by atoms with Crippen LogP contribution in [0.4, 0.5) is 21.0 Å². The summed E-state index contributed by atoms with van der Waals surface area (Å²) in [6, 6.07) is 3.61. The molecule has 12 heteroatoms. The lowest BCUT2D eigenvalue weighted by atomic mass is 9.99. The van der Waals surface area contributed by atoms with Crippen LogP contribution >= 0.6 is 0 Å². The Morgan fingerprint density at radius 3 is 2.55 bits per heavy atom. The van der Waals surface area contributed by atoms with Crippen LogP contribution in [0.15, 0.2) is 22.7 Å². The molecule has 208 valence electrons. The van der Waals surface area contributed by atoms with Gasteiger partial charge in [0.05, 0.1) is 30.4 Å². The van der Waals surface area contributed by atoms with E-state index < -0.39 is 18.2 Å². The summed E-state index contributed by atoms with van der Waals surface area (Å²) in [5.74, 6) is 0.112. The predicted molar refractivity (Wildman–Crippen MR) is 143 cm³/mol. The highest BCUT2D eigenvalue weighted by molar-refractivity contribution is 6.04. The molecule has 3 rings (SSSR count). The first-order valence-electron chi connectivity index (χ1n) is 12.7. The molecule has 1 aromatic carbocycles. The second-order valence-electron chi connectivity index (χ2n) is 10.1. The van der Waals surface area contributed by atoms with Crippen LogP contribution in [0.2, 0.25) is 0 Å². The average molecular weight is 531 g/mol. The minimum Gasteiger partial charge on any atom is -0.485 e. The number of para-hydroxylation sites is 1. The molecule has 1 aliphatic rings. The highest BCUT2D eigenvalue weighted by atomic mass is 16.5. The summed E-state index contributed by atoms with van der Waals surface area (Å²) >= 11 is 0. The summed E-state index contributed by atoms with van der Waals surface area (Å²) in [6.45, 7) is 11.2. The number of fused-ring (bicyclic) bond motifs is 1. The van der Waals surface area contributed by atoms with Crippen molar-refractivity contribution in [3.05, 3.63) is 35.2 Å². The predicted octanol–water partition coefficient (Wildman–Crippen LogP) is 3.21. The molecule has 38 heavy (non-hydrogen) atoms. The van der Waals surface area contributed by atoms with Crippen molar-refractivity contribution in [2.75, 3.05) is 37.4 Å². The van der Waals surface area contributed by atoms with Gasteiger partial charge in [0.15, 0.2) is 11.5 Å². The van der Waals surface area contributed by atoms with E-state index in [1.54, 1.807) is 50.9 Å². The number of hydrogen-bond acceptors (Lipinski definition) is 7. The van der Waals surface area contributed by atoms with E-state index in [0.717, 1.165) is 0 Å². The number of aryl methyl sites for hydroxylation is 2. The van der Waals surface area contributed by atoms with Crippen LogP contribution < -0.4 is 20.7 Å². The molecular weight excluding hydrogens is 492 g/mol. The molecule has 5 amide bonds. The van der Waals surface area contributed by atoms with Crippen molar-refractivity contribution in [1.82, 2.24) is 20.3 Å². The lowest BCUT2D eigenvalue weighted by molar-refractivity contribution is 0.0368. The Morgan fingerprint density at radius 1 is 1.24 bits per heavy atom. The van der Waals surface area contributed by atoms with Gasteiger partial charge in [0.25, 0.3) is 5.91 Å². The molecule has 0 saturated heterocycles.